The molecular weight excluding hydrogens is 591 g/mol. The van der Waals surface area contributed by atoms with Crippen LogP contribution >= 0.6 is 0 Å². The van der Waals surface area contributed by atoms with Gasteiger partial charge in [-0.1, -0.05) is 18.2 Å². The van der Waals surface area contributed by atoms with E-state index in [4.69, 9.17) is 19.9 Å². The molecule has 8 aromatic rings. The second-order valence-corrected chi connectivity index (χ2v) is 12.4. The van der Waals surface area contributed by atoms with Crippen LogP contribution in [-0.2, 0) is 0 Å². The molecule has 5 heteroatoms. The molecule has 0 aliphatic heterocycles. The van der Waals surface area contributed by atoms with Gasteiger partial charge < -0.3 is 0 Å². The van der Waals surface area contributed by atoms with Crippen molar-refractivity contribution in [2.45, 2.75) is 0 Å². The number of hydrogen-bond acceptors (Lipinski definition) is 4. The van der Waals surface area contributed by atoms with Gasteiger partial charge in [0.1, 0.15) is 0 Å². The van der Waals surface area contributed by atoms with E-state index in [1.54, 1.807) is 0 Å². The van der Waals surface area contributed by atoms with Gasteiger partial charge in [-0.25, -0.2) is 0 Å². The quantitative estimate of drug-likeness (QED) is 0.181. The zero-order chi connectivity index (χ0) is 28.6. The maximum atomic E-state index is 5.05. The van der Waals surface area contributed by atoms with Gasteiger partial charge in [0.25, 0.3) is 0 Å². The summed E-state index contributed by atoms with van der Waals surface area (Å²) in [7, 11) is 0. The van der Waals surface area contributed by atoms with E-state index in [1.807, 2.05) is 42.5 Å². The first kappa shape index (κ1) is 25.5. The number of hydrogen-bond donors (Lipinski definition) is 0. The molecule has 0 fully saturated rings. The Balaban J connectivity index is 1.29. The normalized spacial score (nSPS) is 11.3. The van der Waals surface area contributed by atoms with Crippen molar-refractivity contribution < 1.29 is 0 Å². The van der Waals surface area contributed by atoms with Crippen molar-refractivity contribution in [3.8, 4) is 55.4 Å². The fourth-order valence-corrected chi connectivity index (χ4v) is 7.67. The van der Waals surface area contributed by atoms with Gasteiger partial charge in [0.2, 0.25) is 0 Å². The summed E-state index contributed by atoms with van der Waals surface area (Å²) in [5.74, 6) is 1.96. The fourth-order valence-electron chi connectivity index (χ4n) is 5.37. The van der Waals surface area contributed by atoms with E-state index in [0.29, 0.717) is 17.5 Å². The maximum absolute atomic E-state index is 5.05. The molecule has 0 spiro atoms. The average molecular weight is 616 g/mol. The summed E-state index contributed by atoms with van der Waals surface area (Å²) in [5, 5.41) is 2.40. The molecular formula is C38H24N4Se. The van der Waals surface area contributed by atoms with E-state index >= 15 is 0 Å². The molecule has 6 aromatic carbocycles. The molecule has 0 saturated carbocycles. The molecule has 0 radical (unpaired) electrons. The van der Waals surface area contributed by atoms with Crippen LogP contribution in [0, 0.1) is 0 Å². The molecule has 0 aliphatic carbocycles. The monoisotopic (exact) mass is 616 g/mol. The van der Waals surface area contributed by atoms with E-state index in [9.17, 15) is 0 Å². The number of nitrogens with zero attached hydrogens (tertiary/aromatic N) is 4. The standard InChI is InChI=1S/C38H24N4Se/c1-4-11-25(12-5-1)29-17-10-18-30(23-29)36-40-35(27-13-6-2-7-14-27)41-37(42-36)31-20-19-26-21-22-33-34(32(26)24-31)43-38(39-33)28-15-8-3-9-16-28/h1-24H. The number of benzene rings is 6. The Kier molecular flexibility index (Phi) is 6.45. The third kappa shape index (κ3) is 4.95. The van der Waals surface area contributed by atoms with Crippen molar-refractivity contribution in [1.82, 2.24) is 19.9 Å². The Morgan fingerprint density at radius 3 is 1.60 bits per heavy atom. The van der Waals surface area contributed by atoms with Crippen molar-refractivity contribution >= 4 is 35.1 Å². The molecule has 0 saturated heterocycles. The van der Waals surface area contributed by atoms with E-state index in [0.717, 1.165) is 37.9 Å². The second kappa shape index (κ2) is 10.9. The van der Waals surface area contributed by atoms with Crippen molar-refractivity contribution in [3.05, 3.63) is 146 Å². The van der Waals surface area contributed by atoms with Gasteiger partial charge in [-0.2, -0.15) is 0 Å². The summed E-state index contributed by atoms with van der Waals surface area (Å²) in [4.78, 5) is 20.0. The molecule has 0 N–H and O–H groups in total. The molecule has 43 heavy (non-hydrogen) atoms. The Labute approximate surface area is 255 Å². The minimum absolute atomic E-state index is 0.103. The summed E-state index contributed by atoms with van der Waals surface area (Å²) in [6.07, 6.45) is 0. The molecule has 0 atom stereocenters. The number of aromatic nitrogens is 4. The van der Waals surface area contributed by atoms with Gasteiger partial charge >= 0.3 is 238 Å². The topological polar surface area (TPSA) is 51.6 Å². The summed E-state index contributed by atoms with van der Waals surface area (Å²) in [6.45, 7) is 0. The first-order chi connectivity index (χ1) is 21.3. The molecule has 0 bridgehead atoms. The zero-order valence-electron chi connectivity index (χ0n) is 23.1. The Hall–Kier alpha value is -5.22. The third-order valence-corrected chi connectivity index (χ3v) is 9.97. The van der Waals surface area contributed by atoms with Gasteiger partial charge in [0.05, 0.1) is 0 Å². The van der Waals surface area contributed by atoms with Crippen molar-refractivity contribution in [2.24, 2.45) is 0 Å². The van der Waals surface area contributed by atoms with Crippen LogP contribution in [0.4, 0.5) is 0 Å². The van der Waals surface area contributed by atoms with Crippen LogP contribution in [0.5, 0.6) is 0 Å². The Morgan fingerprint density at radius 1 is 0.372 bits per heavy atom. The van der Waals surface area contributed by atoms with Crippen LogP contribution in [0.2, 0.25) is 0 Å². The SMILES string of the molecule is c1ccc(-c2cccc(-c3nc(-c4ccccc4)nc(-c4ccc5ccc6nc(-c7ccccc7)[se]c6c5c4)n3)c2)cc1. The Bertz CT molecular complexity index is 2230. The van der Waals surface area contributed by atoms with Crippen LogP contribution in [0.3, 0.4) is 0 Å². The molecule has 0 aliphatic rings. The van der Waals surface area contributed by atoms with Gasteiger partial charge in [0, 0.05) is 0 Å². The van der Waals surface area contributed by atoms with Crippen LogP contribution in [0.25, 0.3) is 76.0 Å². The van der Waals surface area contributed by atoms with Gasteiger partial charge in [-0.05, 0) is 0 Å². The predicted octanol–water partition coefficient (Wildman–Crippen LogP) is 8.96. The molecule has 0 unspecified atom stereocenters. The number of rotatable bonds is 5. The average Bonchev–Trinajstić information content (AvgIpc) is 3.54. The molecule has 202 valence electrons. The summed E-state index contributed by atoms with van der Waals surface area (Å²) in [5.41, 5.74) is 7.40. The van der Waals surface area contributed by atoms with Crippen molar-refractivity contribution in [3.63, 3.8) is 0 Å². The first-order valence-corrected chi connectivity index (χ1v) is 15.9. The summed E-state index contributed by atoms with van der Waals surface area (Å²) < 4.78 is 2.46. The van der Waals surface area contributed by atoms with Crippen LogP contribution < -0.4 is 0 Å². The van der Waals surface area contributed by atoms with E-state index in [1.165, 1.54) is 20.6 Å². The zero-order valence-corrected chi connectivity index (χ0v) is 24.8. The fraction of sp³-hybridized carbons (Fsp3) is 0. The summed E-state index contributed by atoms with van der Waals surface area (Å²) >= 11 is 0.103. The minimum Gasteiger partial charge on any atom is -0.0617 e. The second-order valence-electron chi connectivity index (χ2n) is 10.4. The molecule has 8 rings (SSSR count). The van der Waals surface area contributed by atoms with E-state index < -0.39 is 0 Å². The first-order valence-electron chi connectivity index (χ1n) is 14.1. The van der Waals surface area contributed by atoms with Gasteiger partial charge in [-0.3, -0.25) is 0 Å². The molecule has 2 heterocycles. The van der Waals surface area contributed by atoms with E-state index in [-0.39, 0.29) is 14.5 Å². The summed E-state index contributed by atoms with van der Waals surface area (Å²) in [6, 6.07) is 50.2. The van der Waals surface area contributed by atoms with E-state index in [2.05, 4.69) is 103 Å². The van der Waals surface area contributed by atoms with Crippen molar-refractivity contribution in [2.75, 3.05) is 0 Å². The predicted molar refractivity (Wildman–Crippen MR) is 177 cm³/mol. The number of fused-ring (bicyclic) bond motifs is 3. The molecule has 2 aromatic heterocycles. The van der Waals surface area contributed by atoms with Crippen LogP contribution in [-0.4, -0.2) is 34.4 Å². The minimum atomic E-state index is 0.103. The van der Waals surface area contributed by atoms with Gasteiger partial charge in [-0.15, -0.1) is 0 Å². The molecule has 4 nitrogen and oxygen atoms in total. The van der Waals surface area contributed by atoms with Crippen LogP contribution in [0.15, 0.2) is 146 Å². The van der Waals surface area contributed by atoms with Crippen LogP contribution in [0.1, 0.15) is 0 Å². The van der Waals surface area contributed by atoms with Crippen molar-refractivity contribution in [1.29, 1.82) is 0 Å². The third-order valence-electron chi connectivity index (χ3n) is 7.55. The van der Waals surface area contributed by atoms with Gasteiger partial charge in [0.15, 0.2) is 0 Å². The Morgan fingerprint density at radius 2 is 0.907 bits per heavy atom. The smallest absolute Gasteiger partial charge is 0.0617 e. The molecule has 0 amide bonds.